The lowest BCUT2D eigenvalue weighted by atomic mass is 9.94. The van der Waals surface area contributed by atoms with Crippen molar-refractivity contribution in [2.45, 2.75) is 18.7 Å². The molecular weight excluding hydrogens is 330 g/mol. The Bertz CT molecular complexity index is 675. The quantitative estimate of drug-likeness (QED) is 0.669. The van der Waals surface area contributed by atoms with E-state index in [1.54, 1.807) is 0 Å². The van der Waals surface area contributed by atoms with Crippen molar-refractivity contribution in [2.24, 2.45) is 5.92 Å². The van der Waals surface area contributed by atoms with Crippen LogP contribution in [0.4, 0.5) is 0 Å². The molecule has 1 aliphatic heterocycles. The lowest BCUT2D eigenvalue weighted by Gasteiger charge is -2.18. The highest BCUT2D eigenvalue weighted by atomic mass is 32.2. The van der Waals surface area contributed by atoms with Crippen molar-refractivity contribution in [3.63, 3.8) is 0 Å². The Balaban J connectivity index is 1.40. The molecule has 2 atom stereocenters. The number of carbonyl (C=O) groups excluding carboxylic acids is 1. The predicted octanol–water partition coefficient (Wildman–Crippen LogP) is 2.81. The molecule has 3 N–H and O–H groups in total. The van der Waals surface area contributed by atoms with Gasteiger partial charge >= 0.3 is 0 Å². The first-order valence-corrected chi connectivity index (χ1v) is 9.84. The van der Waals surface area contributed by atoms with E-state index >= 15 is 0 Å². The molecule has 5 heteroatoms. The molecule has 0 radical (unpaired) electrons. The number of hydrogen-bond acceptors (Lipinski definition) is 4. The summed E-state index contributed by atoms with van der Waals surface area (Å²) in [6.07, 6.45) is 0. The maximum absolute atomic E-state index is 12.5. The molecule has 1 saturated heterocycles. The number of nitrogens with one attached hydrogen (secondary N) is 3. The zero-order valence-corrected chi connectivity index (χ0v) is 15.3. The second kappa shape index (κ2) is 9.04. The summed E-state index contributed by atoms with van der Waals surface area (Å²) in [5.74, 6) is 1.94. The molecule has 0 bridgehead atoms. The first-order chi connectivity index (χ1) is 12.2. The van der Waals surface area contributed by atoms with Crippen molar-refractivity contribution in [1.29, 1.82) is 0 Å². The van der Waals surface area contributed by atoms with Gasteiger partial charge in [-0.05, 0) is 18.1 Å². The van der Waals surface area contributed by atoms with Gasteiger partial charge in [-0.25, -0.2) is 5.43 Å². The number of aryl methyl sites for hydroxylation is 1. The van der Waals surface area contributed by atoms with Gasteiger partial charge in [0.15, 0.2) is 0 Å². The van der Waals surface area contributed by atoms with Gasteiger partial charge in [-0.15, -0.1) is 0 Å². The van der Waals surface area contributed by atoms with Crippen LogP contribution in [0.2, 0.25) is 0 Å². The van der Waals surface area contributed by atoms with E-state index in [0.717, 1.165) is 17.1 Å². The van der Waals surface area contributed by atoms with E-state index in [0.29, 0.717) is 13.1 Å². The third-order valence-corrected chi connectivity index (χ3v) is 5.44. The molecule has 0 aliphatic carbocycles. The third-order valence-electron chi connectivity index (χ3n) is 4.41. The lowest BCUT2D eigenvalue weighted by molar-refractivity contribution is -0.124. The van der Waals surface area contributed by atoms with E-state index in [1.165, 1.54) is 11.1 Å². The van der Waals surface area contributed by atoms with Gasteiger partial charge < -0.3 is 5.32 Å². The highest BCUT2D eigenvalue weighted by molar-refractivity contribution is 7.98. The summed E-state index contributed by atoms with van der Waals surface area (Å²) in [7, 11) is 0. The maximum Gasteiger partial charge on any atom is 0.226 e. The fourth-order valence-electron chi connectivity index (χ4n) is 2.97. The van der Waals surface area contributed by atoms with E-state index < -0.39 is 0 Å². The summed E-state index contributed by atoms with van der Waals surface area (Å²) in [4.78, 5) is 12.5. The van der Waals surface area contributed by atoms with Crippen LogP contribution >= 0.6 is 11.8 Å². The Morgan fingerprint density at radius 1 is 1.16 bits per heavy atom. The minimum Gasteiger partial charge on any atom is -0.355 e. The van der Waals surface area contributed by atoms with Gasteiger partial charge in [0.2, 0.25) is 5.91 Å². The fourth-order valence-corrected chi connectivity index (χ4v) is 3.79. The smallest absolute Gasteiger partial charge is 0.226 e. The summed E-state index contributed by atoms with van der Waals surface area (Å²) in [5, 5.41) is 3.08. The minimum atomic E-state index is -0.0792. The third kappa shape index (κ3) is 5.08. The summed E-state index contributed by atoms with van der Waals surface area (Å²) in [6.45, 7) is 3.46. The van der Waals surface area contributed by atoms with Crippen LogP contribution in [-0.4, -0.2) is 24.7 Å². The standard InChI is InChI=1S/C20H25N3OS/c1-15-7-9-16(10-8-15)14-25-12-11-21-20(24)18-13-22-23-19(18)17-5-3-2-4-6-17/h2-10,18-19,22-23H,11-14H2,1H3,(H,21,24). The van der Waals surface area contributed by atoms with Crippen molar-refractivity contribution in [1.82, 2.24) is 16.2 Å². The van der Waals surface area contributed by atoms with Crippen molar-refractivity contribution < 1.29 is 4.79 Å². The molecule has 1 aliphatic rings. The number of rotatable bonds is 7. The zero-order chi connectivity index (χ0) is 17.5. The molecule has 132 valence electrons. The van der Waals surface area contributed by atoms with Crippen molar-refractivity contribution in [2.75, 3.05) is 18.8 Å². The molecule has 2 aromatic rings. The van der Waals surface area contributed by atoms with Gasteiger partial charge in [0.1, 0.15) is 0 Å². The van der Waals surface area contributed by atoms with Gasteiger partial charge in [0.25, 0.3) is 0 Å². The molecule has 0 saturated carbocycles. The van der Waals surface area contributed by atoms with E-state index in [2.05, 4.69) is 59.5 Å². The molecule has 3 rings (SSSR count). The fraction of sp³-hybridized carbons (Fsp3) is 0.350. The van der Waals surface area contributed by atoms with E-state index in [-0.39, 0.29) is 17.9 Å². The lowest BCUT2D eigenvalue weighted by Crippen LogP contribution is -2.36. The number of thioether (sulfide) groups is 1. The monoisotopic (exact) mass is 355 g/mol. The van der Waals surface area contributed by atoms with Crippen LogP contribution in [0.15, 0.2) is 54.6 Å². The molecule has 1 amide bonds. The summed E-state index contributed by atoms with van der Waals surface area (Å²) < 4.78 is 0. The van der Waals surface area contributed by atoms with Crippen LogP contribution in [0, 0.1) is 12.8 Å². The Morgan fingerprint density at radius 2 is 1.92 bits per heavy atom. The topological polar surface area (TPSA) is 53.2 Å². The number of hydrazine groups is 1. The maximum atomic E-state index is 12.5. The summed E-state index contributed by atoms with van der Waals surface area (Å²) >= 11 is 1.85. The average molecular weight is 356 g/mol. The average Bonchev–Trinajstić information content (AvgIpc) is 3.13. The first-order valence-electron chi connectivity index (χ1n) is 8.68. The van der Waals surface area contributed by atoms with Gasteiger partial charge in [-0.3, -0.25) is 10.2 Å². The Hall–Kier alpha value is -1.82. The summed E-state index contributed by atoms with van der Waals surface area (Å²) in [5.41, 5.74) is 10.1. The van der Waals surface area contributed by atoms with Crippen LogP contribution < -0.4 is 16.2 Å². The molecular formula is C20H25N3OS. The molecule has 25 heavy (non-hydrogen) atoms. The number of carbonyl (C=O) groups is 1. The van der Waals surface area contributed by atoms with Crippen molar-refractivity contribution in [3.8, 4) is 0 Å². The van der Waals surface area contributed by atoms with Crippen LogP contribution in [0.3, 0.4) is 0 Å². The van der Waals surface area contributed by atoms with Gasteiger partial charge in [-0.2, -0.15) is 11.8 Å². The van der Waals surface area contributed by atoms with Gasteiger partial charge in [0.05, 0.1) is 12.0 Å². The molecule has 4 nitrogen and oxygen atoms in total. The van der Waals surface area contributed by atoms with Gasteiger partial charge in [-0.1, -0.05) is 60.2 Å². The normalized spacial score (nSPS) is 19.7. The number of hydrogen-bond donors (Lipinski definition) is 3. The molecule has 0 aromatic heterocycles. The van der Waals surface area contributed by atoms with E-state index in [4.69, 9.17) is 0 Å². The van der Waals surface area contributed by atoms with E-state index in [1.807, 2.05) is 30.0 Å². The highest BCUT2D eigenvalue weighted by Crippen LogP contribution is 2.24. The summed E-state index contributed by atoms with van der Waals surface area (Å²) in [6, 6.07) is 18.8. The van der Waals surface area contributed by atoms with Crippen LogP contribution in [0.25, 0.3) is 0 Å². The second-order valence-corrected chi connectivity index (χ2v) is 7.45. The second-order valence-electron chi connectivity index (χ2n) is 6.35. The predicted molar refractivity (Wildman–Crippen MR) is 104 cm³/mol. The van der Waals surface area contributed by atoms with Crippen LogP contribution in [0.1, 0.15) is 22.7 Å². The van der Waals surface area contributed by atoms with Crippen molar-refractivity contribution in [3.05, 3.63) is 71.3 Å². The molecule has 0 spiro atoms. The molecule has 2 aromatic carbocycles. The largest absolute Gasteiger partial charge is 0.355 e. The zero-order valence-electron chi connectivity index (χ0n) is 14.5. The molecule has 1 heterocycles. The Kier molecular flexibility index (Phi) is 6.50. The number of benzene rings is 2. The molecule has 1 fully saturated rings. The molecule has 2 unspecified atom stereocenters. The van der Waals surface area contributed by atoms with Gasteiger partial charge in [0, 0.05) is 24.6 Å². The van der Waals surface area contributed by atoms with E-state index in [9.17, 15) is 4.79 Å². The SMILES string of the molecule is Cc1ccc(CSCCNC(=O)C2CNNC2c2ccccc2)cc1. The van der Waals surface area contributed by atoms with Crippen molar-refractivity contribution >= 4 is 17.7 Å². The Morgan fingerprint density at radius 3 is 2.68 bits per heavy atom. The highest BCUT2D eigenvalue weighted by Gasteiger charge is 2.33. The Labute approximate surface area is 153 Å². The first kappa shape index (κ1) is 18.0. The van der Waals surface area contributed by atoms with Crippen LogP contribution in [-0.2, 0) is 10.5 Å². The minimum absolute atomic E-state index is 0.0291. The van der Waals surface area contributed by atoms with Crippen LogP contribution in [0.5, 0.6) is 0 Å². The number of amides is 1.